The van der Waals surface area contributed by atoms with Crippen molar-refractivity contribution in [2.75, 3.05) is 17.1 Å². The maximum Gasteiger partial charge on any atom is 0.265 e. The number of sulfonamides is 1. The molecule has 1 aliphatic heterocycles. The van der Waals surface area contributed by atoms with E-state index >= 15 is 0 Å². The molecule has 0 aromatic heterocycles. The highest BCUT2D eigenvalue weighted by Gasteiger charge is 2.25. The summed E-state index contributed by atoms with van der Waals surface area (Å²) >= 11 is 0. The van der Waals surface area contributed by atoms with Crippen molar-refractivity contribution in [2.45, 2.75) is 24.8 Å². The van der Waals surface area contributed by atoms with Gasteiger partial charge in [-0.1, -0.05) is 6.07 Å². The number of aryl methyl sites for hydroxylation is 1. The second kappa shape index (κ2) is 6.29. The van der Waals surface area contributed by atoms with Gasteiger partial charge in [-0.3, -0.25) is 9.52 Å². The summed E-state index contributed by atoms with van der Waals surface area (Å²) in [6.07, 6.45) is -0.591. The van der Waals surface area contributed by atoms with Gasteiger partial charge in [-0.05, 0) is 49.7 Å². The Bertz CT molecular complexity index is 940. The molecule has 8 heteroatoms. The van der Waals surface area contributed by atoms with Crippen molar-refractivity contribution in [1.82, 2.24) is 0 Å². The lowest BCUT2D eigenvalue weighted by atomic mass is 10.2. The summed E-state index contributed by atoms with van der Waals surface area (Å²) in [4.78, 5) is 11.7. The molecular weight excluding hydrogens is 344 g/mol. The second-order valence-electron chi connectivity index (χ2n) is 5.72. The Morgan fingerprint density at radius 2 is 1.96 bits per heavy atom. The van der Waals surface area contributed by atoms with E-state index in [2.05, 4.69) is 10.0 Å². The number of carbonyl (C=O) groups excluding carboxylic acids is 1. The van der Waals surface area contributed by atoms with Gasteiger partial charge in [0, 0.05) is 0 Å². The minimum atomic E-state index is -3.86. The zero-order valence-electron chi connectivity index (χ0n) is 14.0. The molecule has 132 valence electrons. The average Bonchev–Trinajstić information content (AvgIpc) is 2.56. The molecule has 0 saturated heterocycles. The summed E-state index contributed by atoms with van der Waals surface area (Å²) in [5, 5.41) is 2.68. The van der Waals surface area contributed by atoms with Gasteiger partial charge in [0.05, 0.1) is 18.5 Å². The normalized spacial score (nSPS) is 16.4. The molecule has 1 amide bonds. The topological polar surface area (TPSA) is 93.7 Å². The minimum absolute atomic E-state index is 0.0432. The van der Waals surface area contributed by atoms with E-state index in [1.54, 1.807) is 38.1 Å². The molecule has 1 aliphatic rings. The summed E-state index contributed by atoms with van der Waals surface area (Å²) in [6.45, 7) is 3.43. The minimum Gasteiger partial charge on any atom is -0.495 e. The van der Waals surface area contributed by atoms with Crippen LogP contribution in [0.25, 0.3) is 0 Å². The quantitative estimate of drug-likeness (QED) is 0.872. The van der Waals surface area contributed by atoms with Crippen LogP contribution < -0.4 is 19.5 Å². The third kappa shape index (κ3) is 3.39. The Hall–Kier alpha value is -2.74. The number of nitrogens with one attached hydrogen (secondary N) is 2. The molecule has 3 rings (SSSR count). The molecule has 0 aliphatic carbocycles. The predicted molar refractivity (Wildman–Crippen MR) is 93.7 cm³/mol. The molecule has 2 aromatic rings. The number of ether oxygens (including phenoxy) is 2. The fraction of sp³-hybridized carbons (Fsp3) is 0.235. The largest absolute Gasteiger partial charge is 0.495 e. The first-order valence-electron chi connectivity index (χ1n) is 7.59. The highest BCUT2D eigenvalue weighted by molar-refractivity contribution is 7.92. The molecule has 0 spiro atoms. The number of anilines is 2. The van der Waals surface area contributed by atoms with Crippen LogP contribution in [0.1, 0.15) is 12.5 Å². The van der Waals surface area contributed by atoms with Crippen molar-refractivity contribution in [3.63, 3.8) is 0 Å². The molecule has 2 N–H and O–H groups in total. The number of methoxy groups -OCH3 is 1. The molecule has 1 atom stereocenters. The monoisotopic (exact) mass is 362 g/mol. The standard InChI is InChI=1S/C17H18N2O5S/c1-10-4-6-15(23-3)16(8-10)25(21,22)19-12-5-7-14-13(9-12)18-17(20)11(2)24-14/h4-9,11,19H,1-3H3,(H,18,20). The Balaban J connectivity index is 1.93. The number of carbonyl (C=O) groups is 1. The summed E-state index contributed by atoms with van der Waals surface area (Å²) in [7, 11) is -2.44. The number of benzene rings is 2. The van der Waals surface area contributed by atoms with E-state index in [4.69, 9.17) is 9.47 Å². The van der Waals surface area contributed by atoms with E-state index in [-0.39, 0.29) is 16.6 Å². The van der Waals surface area contributed by atoms with Crippen molar-refractivity contribution in [2.24, 2.45) is 0 Å². The van der Waals surface area contributed by atoms with Gasteiger partial charge in [-0.15, -0.1) is 0 Å². The van der Waals surface area contributed by atoms with Crippen molar-refractivity contribution in [3.8, 4) is 11.5 Å². The lowest BCUT2D eigenvalue weighted by molar-refractivity contribution is -0.122. The SMILES string of the molecule is COc1ccc(C)cc1S(=O)(=O)Nc1ccc2c(c1)NC(=O)C(C)O2. The van der Waals surface area contributed by atoms with Gasteiger partial charge >= 0.3 is 0 Å². The maximum absolute atomic E-state index is 12.7. The summed E-state index contributed by atoms with van der Waals surface area (Å²) in [5.41, 5.74) is 1.52. The average molecular weight is 362 g/mol. The molecular formula is C17H18N2O5S. The lowest BCUT2D eigenvalue weighted by Crippen LogP contribution is -2.34. The Kier molecular flexibility index (Phi) is 4.30. The van der Waals surface area contributed by atoms with Crippen LogP contribution in [0.5, 0.6) is 11.5 Å². The van der Waals surface area contributed by atoms with Crippen LogP contribution in [0.2, 0.25) is 0 Å². The van der Waals surface area contributed by atoms with Crippen LogP contribution in [0, 0.1) is 6.92 Å². The van der Waals surface area contributed by atoms with E-state index in [1.165, 1.54) is 19.2 Å². The summed E-state index contributed by atoms with van der Waals surface area (Å²) in [5.74, 6) is 0.456. The zero-order valence-corrected chi connectivity index (χ0v) is 14.8. The Morgan fingerprint density at radius 3 is 2.68 bits per heavy atom. The summed E-state index contributed by atoms with van der Waals surface area (Å²) in [6, 6.07) is 9.60. The zero-order chi connectivity index (χ0) is 18.2. The lowest BCUT2D eigenvalue weighted by Gasteiger charge is -2.23. The highest BCUT2D eigenvalue weighted by Crippen LogP contribution is 2.33. The molecule has 1 heterocycles. The van der Waals surface area contributed by atoms with Crippen LogP contribution in [0.4, 0.5) is 11.4 Å². The fourth-order valence-electron chi connectivity index (χ4n) is 2.48. The van der Waals surface area contributed by atoms with Crippen LogP contribution in [0.3, 0.4) is 0 Å². The fourth-order valence-corrected chi connectivity index (χ4v) is 3.78. The van der Waals surface area contributed by atoms with Gasteiger partial charge in [0.15, 0.2) is 6.10 Å². The van der Waals surface area contributed by atoms with Crippen molar-refractivity contribution in [1.29, 1.82) is 0 Å². The second-order valence-corrected chi connectivity index (χ2v) is 7.37. The van der Waals surface area contributed by atoms with Crippen molar-refractivity contribution < 1.29 is 22.7 Å². The van der Waals surface area contributed by atoms with E-state index in [9.17, 15) is 13.2 Å². The smallest absolute Gasteiger partial charge is 0.265 e. The number of fused-ring (bicyclic) bond motifs is 1. The number of rotatable bonds is 4. The van der Waals surface area contributed by atoms with Crippen molar-refractivity contribution >= 4 is 27.3 Å². The van der Waals surface area contributed by atoms with Crippen LogP contribution in [0.15, 0.2) is 41.3 Å². The molecule has 25 heavy (non-hydrogen) atoms. The van der Waals surface area contributed by atoms with Gasteiger partial charge < -0.3 is 14.8 Å². The molecule has 0 radical (unpaired) electrons. The van der Waals surface area contributed by atoms with Crippen LogP contribution >= 0.6 is 0 Å². The molecule has 7 nitrogen and oxygen atoms in total. The van der Waals surface area contributed by atoms with E-state index in [0.717, 1.165) is 5.56 Å². The maximum atomic E-state index is 12.7. The highest BCUT2D eigenvalue weighted by atomic mass is 32.2. The number of hydrogen-bond donors (Lipinski definition) is 2. The van der Waals surface area contributed by atoms with E-state index in [0.29, 0.717) is 17.1 Å². The molecule has 2 aromatic carbocycles. The van der Waals surface area contributed by atoms with Gasteiger partial charge in [0.1, 0.15) is 16.4 Å². The van der Waals surface area contributed by atoms with Crippen molar-refractivity contribution in [3.05, 3.63) is 42.0 Å². The van der Waals surface area contributed by atoms with E-state index in [1.807, 2.05) is 0 Å². The number of amides is 1. The molecule has 0 saturated carbocycles. The predicted octanol–water partition coefficient (Wildman–Crippen LogP) is 2.52. The van der Waals surface area contributed by atoms with Crippen LogP contribution in [-0.4, -0.2) is 27.5 Å². The van der Waals surface area contributed by atoms with Gasteiger partial charge in [-0.2, -0.15) is 0 Å². The third-order valence-corrected chi connectivity index (χ3v) is 5.17. The summed E-state index contributed by atoms with van der Waals surface area (Å²) < 4.78 is 38.5. The van der Waals surface area contributed by atoms with Gasteiger partial charge in [0.25, 0.3) is 15.9 Å². The molecule has 0 bridgehead atoms. The Morgan fingerprint density at radius 1 is 1.20 bits per heavy atom. The van der Waals surface area contributed by atoms with Gasteiger partial charge in [0.2, 0.25) is 0 Å². The first-order valence-corrected chi connectivity index (χ1v) is 9.07. The number of hydrogen-bond acceptors (Lipinski definition) is 5. The van der Waals surface area contributed by atoms with E-state index < -0.39 is 16.1 Å². The first kappa shape index (κ1) is 17.1. The first-order chi connectivity index (χ1) is 11.8. The van der Waals surface area contributed by atoms with Gasteiger partial charge in [-0.25, -0.2) is 8.42 Å². The van der Waals surface area contributed by atoms with Crippen LogP contribution in [-0.2, 0) is 14.8 Å². The Labute approximate surface area is 146 Å². The molecule has 1 unspecified atom stereocenters. The molecule has 0 fully saturated rings. The third-order valence-electron chi connectivity index (χ3n) is 3.77.